The zero-order chi connectivity index (χ0) is 22.2. The number of aryl methyl sites for hydroxylation is 1. The molecule has 2 aromatic carbocycles. The second-order valence-corrected chi connectivity index (χ2v) is 7.99. The molecule has 0 aliphatic rings. The van der Waals surface area contributed by atoms with Crippen LogP contribution in [0.15, 0.2) is 36.4 Å². The Bertz CT molecular complexity index is 1170. The monoisotopic (exact) mass is 444 g/mol. The van der Waals surface area contributed by atoms with Gasteiger partial charge in [0.25, 0.3) is 0 Å². The molecule has 0 spiro atoms. The van der Waals surface area contributed by atoms with Crippen LogP contribution in [0.5, 0.6) is 5.75 Å². The summed E-state index contributed by atoms with van der Waals surface area (Å²) in [6.07, 6.45) is -0.0649. The van der Waals surface area contributed by atoms with Gasteiger partial charge in [0, 0.05) is 16.6 Å². The fraction of sp³-hybridized carbons (Fsp3) is 0.227. The SMILES string of the molecule is Cc1ccc(C(=S)n2c(C)c(CC(=O)NC(C)C(=O)O)c3cc(O)c(Cl)cc32)cc1. The highest BCUT2D eigenvalue weighted by atomic mass is 35.5. The summed E-state index contributed by atoms with van der Waals surface area (Å²) in [4.78, 5) is 24.0. The zero-order valence-corrected chi connectivity index (χ0v) is 18.3. The maximum atomic E-state index is 12.5. The minimum absolute atomic E-state index is 0.0649. The van der Waals surface area contributed by atoms with Gasteiger partial charge < -0.3 is 20.1 Å². The number of fused-ring (bicyclic) bond motifs is 1. The van der Waals surface area contributed by atoms with Crippen molar-refractivity contribution in [2.45, 2.75) is 33.2 Å². The molecule has 0 aliphatic heterocycles. The Morgan fingerprint density at radius 3 is 2.43 bits per heavy atom. The number of amides is 1. The van der Waals surface area contributed by atoms with Gasteiger partial charge in [-0.25, -0.2) is 0 Å². The van der Waals surface area contributed by atoms with Gasteiger partial charge in [-0.2, -0.15) is 0 Å². The average molecular weight is 445 g/mol. The molecule has 1 atom stereocenters. The molecule has 1 unspecified atom stereocenters. The molecule has 156 valence electrons. The highest BCUT2D eigenvalue weighted by molar-refractivity contribution is 7.80. The molecule has 0 fully saturated rings. The number of halogens is 1. The number of carbonyl (C=O) groups is 2. The Labute approximate surface area is 184 Å². The third kappa shape index (κ3) is 4.17. The van der Waals surface area contributed by atoms with E-state index in [-0.39, 0.29) is 17.2 Å². The molecule has 6 nitrogen and oxygen atoms in total. The molecule has 3 rings (SSSR count). The number of carboxylic acid groups (broad SMARTS) is 1. The summed E-state index contributed by atoms with van der Waals surface area (Å²) in [6, 6.07) is 9.87. The van der Waals surface area contributed by atoms with Crippen LogP contribution >= 0.6 is 23.8 Å². The van der Waals surface area contributed by atoms with Gasteiger partial charge >= 0.3 is 5.97 Å². The first-order valence-corrected chi connectivity index (χ1v) is 10.0. The van der Waals surface area contributed by atoms with Crippen LogP contribution in [-0.4, -0.2) is 37.7 Å². The van der Waals surface area contributed by atoms with Crippen LogP contribution in [0.2, 0.25) is 5.02 Å². The third-order valence-electron chi connectivity index (χ3n) is 4.99. The van der Waals surface area contributed by atoms with Crippen molar-refractivity contribution in [3.63, 3.8) is 0 Å². The van der Waals surface area contributed by atoms with Gasteiger partial charge in [-0.3, -0.25) is 9.59 Å². The predicted molar refractivity (Wildman–Crippen MR) is 121 cm³/mol. The number of carboxylic acids is 1. The van der Waals surface area contributed by atoms with E-state index >= 15 is 0 Å². The molecule has 3 N–H and O–H groups in total. The number of aliphatic carboxylic acids is 1. The second kappa shape index (κ2) is 8.45. The Hall–Kier alpha value is -2.90. The number of benzene rings is 2. The summed E-state index contributed by atoms with van der Waals surface area (Å²) in [7, 11) is 0. The number of aromatic nitrogens is 1. The zero-order valence-electron chi connectivity index (χ0n) is 16.7. The van der Waals surface area contributed by atoms with E-state index in [9.17, 15) is 14.7 Å². The van der Waals surface area contributed by atoms with Crippen LogP contribution < -0.4 is 5.32 Å². The Balaban J connectivity index is 2.12. The van der Waals surface area contributed by atoms with Crippen molar-refractivity contribution in [2.24, 2.45) is 0 Å². The summed E-state index contributed by atoms with van der Waals surface area (Å²) in [6.45, 7) is 5.21. The number of phenols is 1. The molecule has 0 aliphatic carbocycles. The number of hydrogen-bond donors (Lipinski definition) is 3. The number of phenolic OH excluding ortho intramolecular Hbond substituents is 1. The molecule has 8 heteroatoms. The average Bonchev–Trinajstić information content (AvgIpc) is 2.93. The molecule has 0 bridgehead atoms. The number of nitrogens with zero attached hydrogens (tertiary/aromatic N) is 1. The van der Waals surface area contributed by atoms with E-state index in [4.69, 9.17) is 28.9 Å². The maximum absolute atomic E-state index is 12.5. The van der Waals surface area contributed by atoms with Gasteiger partial charge in [0.15, 0.2) is 0 Å². The summed E-state index contributed by atoms with van der Waals surface area (Å²) in [5, 5.41) is 22.4. The number of nitrogens with one attached hydrogen (secondary N) is 1. The van der Waals surface area contributed by atoms with Crippen LogP contribution in [-0.2, 0) is 16.0 Å². The van der Waals surface area contributed by atoms with Crippen molar-refractivity contribution in [3.8, 4) is 5.75 Å². The van der Waals surface area contributed by atoms with Gasteiger partial charge in [-0.1, -0.05) is 53.6 Å². The number of hydrogen-bond acceptors (Lipinski definition) is 4. The lowest BCUT2D eigenvalue weighted by Crippen LogP contribution is -2.39. The molecule has 1 aromatic heterocycles. The molecule has 0 radical (unpaired) electrons. The van der Waals surface area contributed by atoms with Crippen molar-refractivity contribution in [3.05, 3.63) is 63.8 Å². The van der Waals surface area contributed by atoms with E-state index in [1.54, 1.807) is 6.07 Å². The summed E-state index contributed by atoms with van der Waals surface area (Å²) in [5.74, 6) is -1.67. The normalized spacial score (nSPS) is 12.0. The molecule has 3 aromatic rings. The van der Waals surface area contributed by atoms with Crippen LogP contribution in [0.1, 0.15) is 29.3 Å². The van der Waals surface area contributed by atoms with Gasteiger partial charge in [-0.05, 0) is 38.5 Å². The highest BCUT2D eigenvalue weighted by Gasteiger charge is 2.22. The minimum Gasteiger partial charge on any atom is -0.506 e. The standard InChI is InChI=1S/C22H21ClN2O4S/c1-11-4-6-14(7-5-11)21(30)25-13(3)15(9-20(27)24-12(2)22(28)29)16-8-19(26)17(23)10-18(16)25/h4-8,10,12,26H,9H2,1-3H3,(H,24,27)(H,28,29). The van der Waals surface area contributed by atoms with E-state index in [0.717, 1.165) is 16.8 Å². The van der Waals surface area contributed by atoms with E-state index < -0.39 is 17.9 Å². The number of aromatic hydroxyl groups is 1. The Morgan fingerprint density at radius 2 is 1.83 bits per heavy atom. The quantitative estimate of drug-likeness (QED) is 0.518. The maximum Gasteiger partial charge on any atom is 0.325 e. The first kappa shape index (κ1) is 21.8. The largest absolute Gasteiger partial charge is 0.506 e. The van der Waals surface area contributed by atoms with Crippen molar-refractivity contribution in [2.75, 3.05) is 0 Å². The first-order chi connectivity index (χ1) is 14.1. The smallest absolute Gasteiger partial charge is 0.325 e. The van der Waals surface area contributed by atoms with Crippen LogP contribution in [0.25, 0.3) is 10.9 Å². The first-order valence-electron chi connectivity index (χ1n) is 9.26. The van der Waals surface area contributed by atoms with E-state index in [1.807, 2.05) is 42.7 Å². The fourth-order valence-electron chi connectivity index (χ4n) is 3.31. The Kier molecular flexibility index (Phi) is 6.14. The van der Waals surface area contributed by atoms with Gasteiger partial charge in [0.05, 0.1) is 17.0 Å². The fourth-order valence-corrected chi connectivity index (χ4v) is 3.84. The summed E-state index contributed by atoms with van der Waals surface area (Å²) in [5.41, 5.74) is 3.95. The predicted octanol–water partition coefficient (Wildman–Crippen LogP) is 3.97. The van der Waals surface area contributed by atoms with Crippen molar-refractivity contribution in [1.82, 2.24) is 9.88 Å². The van der Waals surface area contributed by atoms with Crippen molar-refractivity contribution < 1.29 is 19.8 Å². The molecule has 0 saturated heterocycles. The Morgan fingerprint density at radius 1 is 1.20 bits per heavy atom. The van der Waals surface area contributed by atoms with Crippen molar-refractivity contribution >= 4 is 51.6 Å². The van der Waals surface area contributed by atoms with Gasteiger partial charge in [-0.15, -0.1) is 0 Å². The molecule has 1 heterocycles. The summed E-state index contributed by atoms with van der Waals surface area (Å²) >= 11 is 11.9. The lowest BCUT2D eigenvalue weighted by atomic mass is 10.1. The lowest BCUT2D eigenvalue weighted by Gasteiger charge is -2.12. The van der Waals surface area contributed by atoms with E-state index in [2.05, 4.69) is 5.32 Å². The molecule has 1 amide bonds. The molecule has 0 saturated carbocycles. The summed E-state index contributed by atoms with van der Waals surface area (Å²) < 4.78 is 1.82. The van der Waals surface area contributed by atoms with Crippen molar-refractivity contribution in [1.29, 1.82) is 0 Å². The molecular weight excluding hydrogens is 424 g/mol. The number of rotatable bonds is 5. The van der Waals surface area contributed by atoms with Gasteiger partial charge in [0.2, 0.25) is 5.91 Å². The van der Waals surface area contributed by atoms with Gasteiger partial charge in [0.1, 0.15) is 16.8 Å². The van der Waals surface area contributed by atoms with Crippen LogP contribution in [0, 0.1) is 13.8 Å². The highest BCUT2D eigenvalue weighted by Crippen LogP contribution is 2.35. The molecular formula is C22H21ClN2O4S. The van der Waals surface area contributed by atoms with Crippen LogP contribution in [0.3, 0.4) is 0 Å². The van der Waals surface area contributed by atoms with Crippen LogP contribution in [0.4, 0.5) is 0 Å². The number of carbonyl (C=O) groups excluding carboxylic acids is 1. The lowest BCUT2D eigenvalue weighted by molar-refractivity contribution is -0.141. The third-order valence-corrected chi connectivity index (χ3v) is 5.71. The second-order valence-electron chi connectivity index (χ2n) is 7.20. The van der Waals surface area contributed by atoms with E-state index in [1.165, 1.54) is 13.0 Å². The number of thiocarbonyl (C=S) groups is 1. The topological polar surface area (TPSA) is 91.6 Å². The minimum atomic E-state index is -1.12. The molecule has 30 heavy (non-hydrogen) atoms. The van der Waals surface area contributed by atoms with E-state index in [0.29, 0.717) is 21.5 Å².